The Morgan fingerprint density at radius 3 is 2.35 bits per heavy atom. The van der Waals surface area contributed by atoms with Crippen LogP contribution < -0.4 is 0 Å². The first-order chi connectivity index (χ1) is 9.44. The summed E-state index contributed by atoms with van der Waals surface area (Å²) in [5, 5.41) is 10.6. The van der Waals surface area contributed by atoms with Crippen LogP contribution >= 0.6 is 0 Å². The predicted molar refractivity (Wildman–Crippen MR) is 80.6 cm³/mol. The normalized spacial score (nSPS) is 23.9. The van der Waals surface area contributed by atoms with E-state index in [9.17, 15) is 9.90 Å². The highest BCUT2D eigenvalue weighted by atomic mass is 16.5. The molecule has 0 radical (unpaired) electrons. The number of aliphatic hydroxyl groups is 1. The average Bonchev–Trinajstić information content (AvgIpc) is 2.38. The number of hydrogen-bond acceptors (Lipinski definition) is 3. The SMILES string of the molecule is CCCC(O)(CCC)CC(=O)N1CC(C)OC(CC)C1. The Bertz CT molecular complexity index is 300. The number of carbonyl (C=O) groups is 1. The monoisotopic (exact) mass is 285 g/mol. The molecular weight excluding hydrogens is 254 g/mol. The Hall–Kier alpha value is -0.610. The van der Waals surface area contributed by atoms with Gasteiger partial charge < -0.3 is 14.7 Å². The van der Waals surface area contributed by atoms with Gasteiger partial charge >= 0.3 is 0 Å². The maximum atomic E-state index is 12.5. The van der Waals surface area contributed by atoms with E-state index in [-0.39, 0.29) is 24.5 Å². The molecule has 0 aromatic carbocycles. The van der Waals surface area contributed by atoms with E-state index in [0.29, 0.717) is 25.9 Å². The Balaban J connectivity index is 2.63. The Morgan fingerprint density at radius 1 is 1.25 bits per heavy atom. The zero-order valence-corrected chi connectivity index (χ0v) is 13.5. The van der Waals surface area contributed by atoms with Crippen LogP contribution in [0.4, 0.5) is 0 Å². The average molecular weight is 285 g/mol. The summed E-state index contributed by atoms with van der Waals surface area (Å²) in [6, 6.07) is 0. The van der Waals surface area contributed by atoms with Gasteiger partial charge in [-0.25, -0.2) is 0 Å². The molecule has 20 heavy (non-hydrogen) atoms. The second kappa shape index (κ2) is 7.99. The Labute approximate surface area is 123 Å². The van der Waals surface area contributed by atoms with Crippen molar-refractivity contribution in [3.05, 3.63) is 0 Å². The fraction of sp³-hybridized carbons (Fsp3) is 0.938. The van der Waals surface area contributed by atoms with E-state index in [2.05, 4.69) is 20.8 Å². The molecule has 0 bridgehead atoms. The van der Waals surface area contributed by atoms with Gasteiger partial charge in [-0.3, -0.25) is 4.79 Å². The van der Waals surface area contributed by atoms with Crippen molar-refractivity contribution in [2.45, 2.75) is 84.0 Å². The third-order valence-electron chi connectivity index (χ3n) is 4.05. The number of amides is 1. The zero-order valence-electron chi connectivity index (χ0n) is 13.5. The summed E-state index contributed by atoms with van der Waals surface area (Å²) < 4.78 is 5.78. The van der Waals surface area contributed by atoms with Gasteiger partial charge in [0.1, 0.15) is 0 Å². The number of ether oxygens (including phenoxy) is 1. The maximum Gasteiger partial charge on any atom is 0.225 e. The van der Waals surface area contributed by atoms with Gasteiger partial charge in [0.25, 0.3) is 0 Å². The van der Waals surface area contributed by atoms with Gasteiger partial charge in [0.15, 0.2) is 0 Å². The van der Waals surface area contributed by atoms with Crippen molar-refractivity contribution in [3.63, 3.8) is 0 Å². The minimum Gasteiger partial charge on any atom is -0.389 e. The standard InChI is InChI=1S/C16H31NO3/c1-5-8-16(19,9-6-2)10-15(18)17-11-13(4)20-14(7-3)12-17/h13-14,19H,5-12H2,1-4H3. The lowest BCUT2D eigenvalue weighted by Crippen LogP contribution is -2.50. The van der Waals surface area contributed by atoms with Crippen LogP contribution in [0.1, 0.15) is 66.2 Å². The van der Waals surface area contributed by atoms with Crippen molar-refractivity contribution in [2.75, 3.05) is 13.1 Å². The maximum absolute atomic E-state index is 12.5. The van der Waals surface area contributed by atoms with Gasteiger partial charge in [0.2, 0.25) is 5.91 Å². The van der Waals surface area contributed by atoms with Crippen molar-refractivity contribution in [1.82, 2.24) is 4.90 Å². The quantitative estimate of drug-likeness (QED) is 0.782. The number of rotatable bonds is 7. The van der Waals surface area contributed by atoms with E-state index in [1.165, 1.54) is 0 Å². The van der Waals surface area contributed by atoms with E-state index in [4.69, 9.17) is 4.74 Å². The molecule has 0 saturated carbocycles. The third kappa shape index (κ3) is 5.06. The molecule has 1 N–H and O–H groups in total. The fourth-order valence-electron chi connectivity index (χ4n) is 3.10. The Morgan fingerprint density at radius 2 is 1.85 bits per heavy atom. The minimum absolute atomic E-state index is 0.0722. The summed E-state index contributed by atoms with van der Waals surface area (Å²) in [6.45, 7) is 9.49. The number of hydrogen-bond donors (Lipinski definition) is 1. The molecule has 1 rings (SSSR count). The molecule has 4 nitrogen and oxygen atoms in total. The second-order valence-electron chi connectivity index (χ2n) is 6.18. The summed E-state index contributed by atoms with van der Waals surface area (Å²) >= 11 is 0. The number of carbonyl (C=O) groups excluding carboxylic acids is 1. The highest BCUT2D eigenvalue weighted by molar-refractivity contribution is 5.77. The molecule has 2 atom stereocenters. The van der Waals surface area contributed by atoms with E-state index < -0.39 is 5.60 Å². The molecule has 1 aliphatic rings. The van der Waals surface area contributed by atoms with Crippen molar-refractivity contribution in [2.24, 2.45) is 0 Å². The van der Waals surface area contributed by atoms with Gasteiger partial charge in [-0.15, -0.1) is 0 Å². The number of nitrogens with zero attached hydrogens (tertiary/aromatic N) is 1. The van der Waals surface area contributed by atoms with Crippen LogP contribution in [-0.2, 0) is 9.53 Å². The van der Waals surface area contributed by atoms with E-state index >= 15 is 0 Å². The molecule has 0 aliphatic carbocycles. The molecule has 1 aliphatic heterocycles. The van der Waals surface area contributed by atoms with Crippen LogP contribution in [0.3, 0.4) is 0 Å². The van der Waals surface area contributed by atoms with Gasteiger partial charge in [0, 0.05) is 13.1 Å². The minimum atomic E-state index is -0.830. The van der Waals surface area contributed by atoms with Crippen molar-refractivity contribution < 1.29 is 14.6 Å². The lowest BCUT2D eigenvalue weighted by atomic mass is 9.88. The van der Waals surface area contributed by atoms with Crippen LogP contribution in [0.25, 0.3) is 0 Å². The largest absolute Gasteiger partial charge is 0.389 e. The number of morpholine rings is 1. The zero-order chi connectivity index (χ0) is 15.2. The van der Waals surface area contributed by atoms with Gasteiger partial charge in [-0.2, -0.15) is 0 Å². The smallest absolute Gasteiger partial charge is 0.225 e. The second-order valence-corrected chi connectivity index (χ2v) is 6.18. The molecular formula is C16H31NO3. The first-order valence-electron chi connectivity index (χ1n) is 8.09. The first-order valence-corrected chi connectivity index (χ1v) is 8.09. The van der Waals surface area contributed by atoms with Gasteiger partial charge in [-0.1, -0.05) is 33.6 Å². The highest BCUT2D eigenvalue weighted by Gasteiger charge is 2.33. The molecule has 118 valence electrons. The van der Waals surface area contributed by atoms with Crippen molar-refractivity contribution in [3.8, 4) is 0 Å². The molecule has 1 heterocycles. The molecule has 4 heteroatoms. The van der Waals surface area contributed by atoms with E-state index in [0.717, 1.165) is 19.3 Å². The summed E-state index contributed by atoms with van der Waals surface area (Å²) in [7, 11) is 0. The Kier molecular flexibility index (Phi) is 6.96. The van der Waals surface area contributed by atoms with Gasteiger partial charge in [-0.05, 0) is 26.2 Å². The van der Waals surface area contributed by atoms with E-state index in [1.807, 2.05) is 11.8 Å². The molecule has 1 fully saturated rings. The molecule has 0 aromatic heterocycles. The summed E-state index contributed by atoms with van der Waals surface area (Å²) in [5.74, 6) is 0.0722. The van der Waals surface area contributed by atoms with E-state index in [1.54, 1.807) is 0 Å². The van der Waals surface area contributed by atoms with Crippen molar-refractivity contribution in [1.29, 1.82) is 0 Å². The lowest BCUT2D eigenvalue weighted by Gasteiger charge is -2.38. The molecule has 0 spiro atoms. The lowest BCUT2D eigenvalue weighted by molar-refractivity contribution is -0.150. The summed E-state index contributed by atoms with van der Waals surface area (Å²) in [4.78, 5) is 14.4. The van der Waals surface area contributed by atoms with Crippen LogP contribution in [-0.4, -0.2) is 46.8 Å². The summed E-state index contributed by atoms with van der Waals surface area (Å²) in [5.41, 5.74) is -0.830. The predicted octanol–water partition coefficient (Wildman–Crippen LogP) is 2.73. The first kappa shape index (κ1) is 17.4. The van der Waals surface area contributed by atoms with Crippen LogP contribution in [0.5, 0.6) is 0 Å². The molecule has 1 saturated heterocycles. The van der Waals surface area contributed by atoms with Crippen LogP contribution in [0.2, 0.25) is 0 Å². The van der Waals surface area contributed by atoms with Crippen LogP contribution in [0, 0.1) is 0 Å². The molecule has 1 amide bonds. The van der Waals surface area contributed by atoms with Crippen LogP contribution in [0.15, 0.2) is 0 Å². The van der Waals surface area contributed by atoms with Crippen molar-refractivity contribution >= 4 is 5.91 Å². The molecule has 2 unspecified atom stereocenters. The summed E-state index contributed by atoms with van der Waals surface area (Å²) in [6.07, 6.45) is 4.59. The fourth-order valence-corrected chi connectivity index (χ4v) is 3.10. The molecule has 0 aromatic rings. The highest BCUT2D eigenvalue weighted by Crippen LogP contribution is 2.25. The topological polar surface area (TPSA) is 49.8 Å². The third-order valence-corrected chi connectivity index (χ3v) is 4.05. The van der Waals surface area contributed by atoms with Gasteiger partial charge in [0.05, 0.1) is 24.2 Å².